The van der Waals surface area contributed by atoms with Gasteiger partial charge in [0.2, 0.25) is 21.7 Å². The van der Waals surface area contributed by atoms with E-state index in [4.69, 9.17) is 9.66 Å². The molecule has 2 aromatic heterocycles. The Hall–Kier alpha value is -3.64. The van der Waals surface area contributed by atoms with Crippen LogP contribution in [0.3, 0.4) is 0 Å². The monoisotopic (exact) mass is 461 g/mol. The lowest BCUT2D eigenvalue weighted by Crippen LogP contribution is -2.11. The van der Waals surface area contributed by atoms with Gasteiger partial charge in [-0.2, -0.15) is 18.2 Å². The fourth-order valence-electron chi connectivity index (χ4n) is 2.89. The quantitative estimate of drug-likeness (QED) is 0.490. The first-order valence-corrected chi connectivity index (χ1v) is 10.6. The average molecular weight is 461 g/mol. The van der Waals surface area contributed by atoms with Crippen LogP contribution in [0, 0.1) is 6.92 Å². The second-order valence-electron chi connectivity index (χ2n) is 6.79. The molecular weight excluding hydrogens is 447 g/mol. The van der Waals surface area contributed by atoms with Gasteiger partial charge in [0.15, 0.2) is 0 Å². The van der Waals surface area contributed by atoms with E-state index in [0.29, 0.717) is 22.5 Å². The number of aryl methyl sites for hydroxylation is 1. The first-order valence-electron chi connectivity index (χ1n) is 9.01. The van der Waals surface area contributed by atoms with Crippen LogP contribution in [0.4, 0.5) is 13.2 Å². The second kappa shape index (κ2) is 7.80. The van der Waals surface area contributed by atoms with Crippen LogP contribution in [0.5, 0.6) is 0 Å². The van der Waals surface area contributed by atoms with Gasteiger partial charge in [-0.3, -0.25) is 0 Å². The van der Waals surface area contributed by atoms with Gasteiger partial charge < -0.3 is 4.52 Å². The third-order valence-electron chi connectivity index (χ3n) is 4.40. The number of hydrogen-bond donors (Lipinski definition) is 1. The molecule has 0 radical (unpaired) electrons. The summed E-state index contributed by atoms with van der Waals surface area (Å²) in [5, 5.41) is 8.98. The van der Waals surface area contributed by atoms with E-state index in [1.54, 1.807) is 19.1 Å². The molecule has 0 fully saturated rings. The Morgan fingerprint density at radius 1 is 0.906 bits per heavy atom. The number of aromatic nitrogens is 4. The molecule has 32 heavy (non-hydrogen) atoms. The number of nitrogens with zero attached hydrogens (tertiary/aromatic N) is 4. The minimum Gasteiger partial charge on any atom is -0.330 e. The highest BCUT2D eigenvalue weighted by Gasteiger charge is 2.30. The summed E-state index contributed by atoms with van der Waals surface area (Å²) in [6, 6.07) is 11.9. The van der Waals surface area contributed by atoms with E-state index in [2.05, 4.69) is 20.1 Å². The van der Waals surface area contributed by atoms with E-state index in [1.165, 1.54) is 30.3 Å². The van der Waals surface area contributed by atoms with Crippen molar-refractivity contribution in [2.24, 2.45) is 5.14 Å². The molecule has 0 amide bonds. The number of primary sulfonamides is 1. The first-order chi connectivity index (χ1) is 15.0. The maximum Gasteiger partial charge on any atom is 0.416 e. The Balaban J connectivity index is 1.69. The van der Waals surface area contributed by atoms with E-state index in [0.717, 1.165) is 12.1 Å². The molecule has 0 bridgehead atoms. The van der Waals surface area contributed by atoms with Gasteiger partial charge in [0.05, 0.1) is 16.2 Å². The highest BCUT2D eigenvalue weighted by molar-refractivity contribution is 7.89. The minimum atomic E-state index is -4.44. The molecule has 0 aliphatic rings. The summed E-state index contributed by atoms with van der Waals surface area (Å²) in [6.07, 6.45) is -4.44. The van der Waals surface area contributed by atoms with Gasteiger partial charge in [0.1, 0.15) is 0 Å². The van der Waals surface area contributed by atoms with Gasteiger partial charge in [-0.05, 0) is 37.3 Å². The molecule has 0 saturated heterocycles. The Bertz CT molecular complexity index is 1400. The van der Waals surface area contributed by atoms with Crippen LogP contribution in [0.15, 0.2) is 64.0 Å². The van der Waals surface area contributed by atoms with E-state index in [1.807, 2.05) is 0 Å². The lowest BCUT2D eigenvalue weighted by molar-refractivity contribution is -0.137. The zero-order valence-corrected chi connectivity index (χ0v) is 17.1. The molecule has 0 atom stereocenters. The van der Waals surface area contributed by atoms with E-state index >= 15 is 0 Å². The number of alkyl halides is 3. The summed E-state index contributed by atoms with van der Waals surface area (Å²) >= 11 is 0. The molecule has 0 spiro atoms. The van der Waals surface area contributed by atoms with Gasteiger partial charge >= 0.3 is 6.18 Å². The van der Waals surface area contributed by atoms with Crippen molar-refractivity contribution >= 4 is 10.0 Å². The number of rotatable bonds is 4. The molecule has 0 aliphatic heterocycles. The summed E-state index contributed by atoms with van der Waals surface area (Å²) in [6.45, 7) is 1.69. The highest BCUT2D eigenvalue weighted by atomic mass is 32.2. The summed E-state index contributed by atoms with van der Waals surface area (Å²) in [5.74, 6) is 0.116. The van der Waals surface area contributed by atoms with E-state index in [9.17, 15) is 21.6 Å². The van der Waals surface area contributed by atoms with Crippen molar-refractivity contribution in [2.75, 3.05) is 0 Å². The minimum absolute atomic E-state index is 0.0436. The second-order valence-corrected chi connectivity index (χ2v) is 8.35. The number of nitrogens with two attached hydrogens (primary N) is 1. The van der Waals surface area contributed by atoms with E-state index < -0.39 is 21.8 Å². The van der Waals surface area contributed by atoms with Crippen LogP contribution < -0.4 is 5.14 Å². The highest BCUT2D eigenvalue weighted by Crippen LogP contribution is 2.31. The number of halogens is 3. The molecule has 2 heterocycles. The molecular formula is C20H14F3N5O3S. The van der Waals surface area contributed by atoms with Crippen molar-refractivity contribution in [1.82, 2.24) is 20.1 Å². The third kappa shape index (κ3) is 4.50. The Morgan fingerprint density at radius 2 is 1.62 bits per heavy atom. The van der Waals surface area contributed by atoms with Crippen LogP contribution in [-0.4, -0.2) is 28.5 Å². The lowest BCUT2D eigenvalue weighted by Gasteiger charge is -2.08. The van der Waals surface area contributed by atoms with Gasteiger partial charge in [-0.25, -0.2) is 23.5 Å². The third-order valence-corrected chi connectivity index (χ3v) is 5.31. The molecule has 0 saturated carbocycles. The van der Waals surface area contributed by atoms with Crippen LogP contribution >= 0.6 is 0 Å². The fourth-order valence-corrected chi connectivity index (χ4v) is 3.45. The van der Waals surface area contributed by atoms with Crippen molar-refractivity contribution in [3.8, 4) is 34.4 Å². The topological polar surface area (TPSA) is 125 Å². The SMILES string of the molecule is Cc1cc(-c2ccc(C(F)(F)F)cc2)nc(-c2nc(-c3cccc(S(N)(=O)=O)c3)no2)n1. The molecule has 0 aliphatic carbocycles. The maximum absolute atomic E-state index is 12.8. The maximum atomic E-state index is 12.8. The Kier molecular flexibility index (Phi) is 5.26. The molecule has 0 unspecified atom stereocenters. The van der Waals surface area contributed by atoms with Crippen LogP contribution in [0.25, 0.3) is 34.4 Å². The molecule has 12 heteroatoms. The number of benzene rings is 2. The smallest absolute Gasteiger partial charge is 0.330 e. The Labute approximate surface area is 180 Å². The summed E-state index contributed by atoms with van der Waals surface area (Å²) in [5.41, 5.74) is 0.932. The average Bonchev–Trinajstić information content (AvgIpc) is 3.23. The van der Waals surface area contributed by atoms with Gasteiger partial charge in [0, 0.05) is 16.8 Å². The number of sulfonamides is 1. The molecule has 2 N–H and O–H groups in total. The first kappa shape index (κ1) is 21.6. The zero-order chi connectivity index (χ0) is 23.1. The summed E-state index contributed by atoms with van der Waals surface area (Å²) in [4.78, 5) is 12.7. The molecule has 4 rings (SSSR count). The van der Waals surface area contributed by atoms with Crippen molar-refractivity contribution in [3.05, 3.63) is 65.9 Å². The van der Waals surface area contributed by atoms with Crippen LogP contribution in [0.2, 0.25) is 0 Å². The van der Waals surface area contributed by atoms with Gasteiger partial charge in [0.25, 0.3) is 5.89 Å². The van der Waals surface area contributed by atoms with Gasteiger partial charge in [-0.15, -0.1) is 0 Å². The fraction of sp³-hybridized carbons (Fsp3) is 0.100. The summed E-state index contributed by atoms with van der Waals surface area (Å²) in [7, 11) is -3.91. The Morgan fingerprint density at radius 3 is 2.28 bits per heavy atom. The predicted octanol–water partition coefficient (Wildman–Crippen LogP) is 3.84. The van der Waals surface area contributed by atoms with Crippen LogP contribution in [-0.2, 0) is 16.2 Å². The normalized spacial score (nSPS) is 12.2. The van der Waals surface area contributed by atoms with Gasteiger partial charge in [-0.1, -0.05) is 29.4 Å². The van der Waals surface area contributed by atoms with Crippen molar-refractivity contribution in [3.63, 3.8) is 0 Å². The van der Waals surface area contributed by atoms with Crippen molar-refractivity contribution in [1.29, 1.82) is 0 Å². The van der Waals surface area contributed by atoms with Crippen LogP contribution in [0.1, 0.15) is 11.3 Å². The lowest BCUT2D eigenvalue weighted by atomic mass is 10.1. The molecule has 4 aromatic rings. The van der Waals surface area contributed by atoms with Crippen molar-refractivity contribution in [2.45, 2.75) is 18.0 Å². The molecule has 8 nitrogen and oxygen atoms in total. The van der Waals surface area contributed by atoms with Crippen molar-refractivity contribution < 1.29 is 26.1 Å². The molecule has 164 valence electrons. The standard InChI is InChI=1S/C20H14F3N5O3S/c1-11-9-16(12-5-7-14(8-6-12)20(21,22)23)26-18(25-11)19-27-17(28-31-19)13-3-2-4-15(10-13)32(24,29)30/h2-10H,1H3,(H2,24,29,30). The molecule has 2 aromatic carbocycles. The largest absolute Gasteiger partial charge is 0.416 e. The predicted molar refractivity (Wildman–Crippen MR) is 107 cm³/mol. The van der Waals surface area contributed by atoms with E-state index in [-0.39, 0.29) is 22.4 Å². The zero-order valence-electron chi connectivity index (χ0n) is 16.3. The number of hydrogen-bond acceptors (Lipinski definition) is 7. The summed E-state index contributed by atoms with van der Waals surface area (Å²) < 4.78 is 66.8.